The molecule has 1 rings (SSSR count). The third-order valence-corrected chi connectivity index (χ3v) is 2.45. The molecule has 16 heavy (non-hydrogen) atoms. The Balaban J connectivity index is 2.90. The van der Waals surface area contributed by atoms with E-state index in [-0.39, 0.29) is 0 Å². The Morgan fingerprint density at radius 1 is 1.50 bits per heavy atom. The number of carbonyl (C=O) groups is 1. The number of hydrogen-bond acceptors (Lipinski definition) is 3. The van der Waals surface area contributed by atoms with Crippen LogP contribution in [0.4, 0.5) is 0 Å². The van der Waals surface area contributed by atoms with E-state index in [2.05, 4.69) is 0 Å². The molecule has 0 aliphatic carbocycles. The van der Waals surface area contributed by atoms with Crippen LogP contribution >= 0.6 is 0 Å². The first kappa shape index (κ1) is 12.5. The van der Waals surface area contributed by atoms with Gasteiger partial charge in [0.1, 0.15) is 5.75 Å². The number of primary amides is 1. The van der Waals surface area contributed by atoms with Crippen molar-refractivity contribution in [1.29, 1.82) is 0 Å². The van der Waals surface area contributed by atoms with Gasteiger partial charge in [0.2, 0.25) is 0 Å². The largest absolute Gasteiger partial charge is 0.480 e. The Labute approximate surface area is 95.6 Å². The molecule has 0 aliphatic rings. The number of aryl methyl sites for hydroxylation is 1. The molecule has 0 heterocycles. The van der Waals surface area contributed by atoms with Gasteiger partial charge < -0.3 is 16.2 Å². The Hall–Kier alpha value is -1.55. The van der Waals surface area contributed by atoms with Gasteiger partial charge in [-0.2, -0.15) is 0 Å². The van der Waals surface area contributed by atoms with Gasteiger partial charge in [0.05, 0.1) is 0 Å². The Morgan fingerprint density at radius 2 is 2.19 bits per heavy atom. The van der Waals surface area contributed by atoms with Crippen LogP contribution in [0.2, 0.25) is 0 Å². The van der Waals surface area contributed by atoms with Gasteiger partial charge in [-0.3, -0.25) is 4.79 Å². The summed E-state index contributed by atoms with van der Waals surface area (Å²) in [6, 6.07) is 5.71. The number of carbonyl (C=O) groups excluding carboxylic acids is 1. The van der Waals surface area contributed by atoms with E-state index in [0.29, 0.717) is 18.7 Å². The van der Waals surface area contributed by atoms with E-state index in [1.165, 1.54) is 0 Å². The Morgan fingerprint density at radius 3 is 2.69 bits per heavy atom. The molecule has 4 heteroatoms. The van der Waals surface area contributed by atoms with Crippen LogP contribution in [0.1, 0.15) is 24.5 Å². The van der Waals surface area contributed by atoms with Gasteiger partial charge >= 0.3 is 0 Å². The normalized spacial score (nSPS) is 12.2. The van der Waals surface area contributed by atoms with Crippen molar-refractivity contribution in [2.45, 2.75) is 32.9 Å². The predicted molar refractivity (Wildman–Crippen MR) is 63.0 cm³/mol. The summed E-state index contributed by atoms with van der Waals surface area (Å²) >= 11 is 0. The second-order valence-corrected chi connectivity index (χ2v) is 3.72. The van der Waals surface area contributed by atoms with Crippen molar-refractivity contribution in [2.75, 3.05) is 0 Å². The van der Waals surface area contributed by atoms with E-state index >= 15 is 0 Å². The van der Waals surface area contributed by atoms with E-state index < -0.39 is 12.0 Å². The van der Waals surface area contributed by atoms with E-state index in [9.17, 15) is 4.79 Å². The zero-order valence-electron chi connectivity index (χ0n) is 9.69. The van der Waals surface area contributed by atoms with Crippen LogP contribution in [-0.4, -0.2) is 12.0 Å². The summed E-state index contributed by atoms with van der Waals surface area (Å²) in [6.07, 6.45) is -0.0199. The lowest BCUT2D eigenvalue weighted by Gasteiger charge is -2.16. The number of nitrogens with two attached hydrogens (primary N) is 2. The second kappa shape index (κ2) is 5.51. The Bertz CT molecular complexity index is 377. The van der Waals surface area contributed by atoms with Gasteiger partial charge in [-0.1, -0.05) is 19.1 Å². The topological polar surface area (TPSA) is 78.3 Å². The SMILES string of the molecule is CCC(Oc1cc(CN)ccc1C)C(N)=O. The molecule has 0 aliphatic heterocycles. The van der Waals surface area contributed by atoms with E-state index in [1.807, 2.05) is 32.0 Å². The Kier molecular flexibility index (Phi) is 4.31. The summed E-state index contributed by atoms with van der Waals surface area (Å²) in [4.78, 5) is 11.1. The van der Waals surface area contributed by atoms with Crippen molar-refractivity contribution in [3.63, 3.8) is 0 Å². The second-order valence-electron chi connectivity index (χ2n) is 3.72. The number of amides is 1. The zero-order valence-corrected chi connectivity index (χ0v) is 9.69. The fourth-order valence-electron chi connectivity index (χ4n) is 1.39. The summed E-state index contributed by atoms with van der Waals surface area (Å²) in [5.41, 5.74) is 12.7. The number of hydrogen-bond donors (Lipinski definition) is 2. The van der Waals surface area contributed by atoms with Crippen molar-refractivity contribution in [3.8, 4) is 5.75 Å². The van der Waals surface area contributed by atoms with E-state index in [1.54, 1.807) is 0 Å². The molecule has 0 aromatic heterocycles. The standard InChI is InChI=1S/C12H18N2O2/c1-3-10(12(14)15)16-11-6-9(7-13)5-4-8(11)2/h4-6,10H,3,7,13H2,1-2H3,(H2,14,15). The monoisotopic (exact) mass is 222 g/mol. The zero-order chi connectivity index (χ0) is 12.1. The summed E-state index contributed by atoms with van der Waals surface area (Å²) in [6.45, 7) is 4.23. The maximum atomic E-state index is 11.1. The quantitative estimate of drug-likeness (QED) is 0.783. The van der Waals surface area contributed by atoms with Crippen molar-refractivity contribution < 1.29 is 9.53 Å². The van der Waals surface area contributed by atoms with Crippen LogP contribution < -0.4 is 16.2 Å². The molecule has 1 aromatic carbocycles. The minimum absolute atomic E-state index is 0.444. The minimum Gasteiger partial charge on any atom is -0.480 e. The molecule has 1 unspecified atom stereocenters. The van der Waals surface area contributed by atoms with Crippen LogP contribution in [-0.2, 0) is 11.3 Å². The molecule has 1 atom stereocenters. The first-order valence-electron chi connectivity index (χ1n) is 5.34. The highest BCUT2D eigenvalue weighted by molar-refractivity contribution is 5.79. The van der Waals surface area contributed by atoms with Crippen LogP contribution in [0.15, 0.2) is 18.2 Å². The molecule has 0 fully saturated rings. The lowest BCUT2D eigenvalue weighted by Crippen LogP contribution is -2.33. The third-order valence-electron chi connectivity index (χ3n) is 2.45. The van der Waals surface area contributed by atoms with Gasteiger partial charge in [0.25, 0.3) is 5.91 Å². The molecule has 88 valence electrons. The molecule has 1 amide bonds. The van der Waals surface area contributed by atoms with Crippen molar-refractivity contribution in [3.05, 3.63) is 29.3 Å². The summed E-state index contributed by atoms with van der Waals surface area (Å²) in [7, 11) is 0. The molecular weight excluding hydrogens is 204 g/mol. The summed E-state index contributed by atoms with van der Waals surface area (Å²) in [5.74, 6) is 0.230. The fraction of sp³-hybridized carbons (Fsp3) is 0.417. The molecule has 0 radical (unpaired) electrons. The van der Waals surface area contributed by atoms with Gasteiger partial charge in [-0.25, -0.2) is 0 Å². The van der Waals surface area contributed by atoms with Crippen LogP contribution in [0, 0.1) is 6.92 Å². The first-order chi connectivity index (χ1) is 7.58. The van der Waals surface area contributed by atoms with Gasteiger partial charge in [0.15, 0.2) is 6.10 Å². The van der Waals surface area contributed by atoms with Crippen molar-refractivity contribution in [1.82, 2.24) is 0 Å². The number of rotatable bonds is 5. The van der Waals surface area contributed by atoms with Crippen LogP contribution in [0.25, 0.3) is 0 Å². The van der Waals surface area contributed by atoms with E-state index in [4.69, 9.17) is 16.2 Å². The first-order valence-corrected chi connectivity index (χ1v) is 5.34. The smallest absolute Gasteiger partial charge is 0.258 e. The van der Waals surface area contributed by atoms with Gasteiger partial charge in [0, 0.05) is 6.54 Å². The van der Waals surface area contributed by atoms with Crippen molar-refractivity contribution in [2.24, 2.45) is 11.5 Å². The highest BCUT2D eigenvalue weighted by Gasteiger charge is 2.15. The molecule has 0 saturated carbocycles. The maximum absolute atomic E-state index is 11.1. The van der Waals surface area contributed by atoms with E-state index in [0.717, 1.165) is 11.1 Å². The number of benzene rings is 1. The third kappa shape index (κ3) is 2.97. The van der Waals surface area contributed by atoms with Gasteiger partial charge in [-0.15, -0.1) is 0 Å². The van der Waals surface area contributed by atoms with Gasteiger partial charge in [-0.05, 0) is 30.5 Å². The highest BCUT2D eigenvalue weighted by Crippen LogP contribution is 2.21. The maximum Gasteiger partial charge on any atom is 0.258 e. The average Bonchev–Trinajstić information content (AvgIpc) is 2.27. The molecule has 0 saturated heterocycles. The summed E-state index contributed by atoms with van der Waals surface area (Å²) < 4.78 is 5.57. The van der Waals surface area contributed by atoms with Crippen LogP contribution in [0.5, 0.6) is 5.75 Å². The highest BCUT2D eigenvalue weighted by atomic mass is 16.5. The number of ether oxygens (including phenoxy) is 1. The fourth-order valence-corrected chi connectivity index (χ4v) is 1.39. The lowest BCUT2D eigenvalue weighted by molar-refractivity contribution is -0.124. The lowest BCUT2D eigenvalue weighted by atomic mass is 10.1. The molecular formula is C12H18N2O2. The molecule has 4 N–H and O–H groups in total. The summed E-state index contributed by atoms with van der Waals surface area (Å²) in [5, 5.41) is 0. The molecule has 1 aromatic rings. The molecule has 4 nitrogen and oxygen atoms in total. The molecule has 0 bridgehead atoms. The van der Waals surface area contributed by atoms with Crippen molar-refractivity contribution >= 4 is 5.91 Å². The minimum atomic E-state index is -0.577. The van der Waals surface area contributed by atoms with Crippen LogP contribution in [0.3, 0.4) is 0 Å². The average molecular weight is 222 g/mol. The molecule has 0 spiro atoms. The predicted octanol–water partition coefficient (Wildman–Crippen LogP) is 1.10.